The molecular formula is C22H24N4O3S2. The molecule has 0 spiro atoms. The first-order valence-corrected chi connectivity index (χ1v) is 12.1. The fraction of sp³-hybridized carbons (Fsp3) is 0.273. The first kappa shape index (κ1) is 21.5. The van der Waals surface area contributed by atoms with Crippen LogP contribution in [0.1, 0.15) is 26.5 Å². The second-order valence-corrected chi connectivity index (χ2v) is 10.7. The zero-order valence-corrected chi connectivity index (χ0v) is 19.3. The lowest BCUT2D eigenvalue weighted by molar-refractivity contribution is 0.102. The minimum absolute atomic E-state index is 0.237. The van der Waals surface area contributed by atoms with Gasteiger partial charge in [0, 0.05) is 43.2 Å². The number of thiazole rings is 1. The highest BCUT2D eigenvalue weighted by molar-refractivity contribution is 7.89. The van der Waals surface area contributed by atoms with E-state index in [0.29, 0.717) is 28.6 Å². The summed E-state index contributed by atoms with van der Waals surface area (Å²) in [7, 11) is 0.267. The van der Waals surface area contributed by atoms with E-state index in [1.165, 1.54) is 15.6 Å². The van der Waals surface area contributed by atoms with Crippen LogP contribution in [-0.2, 0) is 23.0 Å². The average molecular weight is 457 g/mol. The molecule has 0 unspecified atom stereocenters. The molecule has 1 amide bonds. The van der Waals surface area contributed by atoms with Crippen molar-refractivity contribution in [2.45, 2.75) is 24.8 Å². The molecule has 0 atom stereocenters. The molecule has 162 valence electrons. The van der Waals surface area contributed by atoms with Gasteiger partial charge in [0.2, 0.25) is 10.0 Å². The van der Waals surface area contributed by atoms with Crippen LogP contribution >= 0.6 is 11.3 Å². The number of benzene rings is 2. The Bertz CT molecular complexity index is 1220. The highest BCUT2D eigenvalue weighted by Crippen LogP contribution is 2.31. The van der Waals surface area contributed by atoms with Crippen LogP contribution in [0.5, 0.6) is 0 Å². The maximum Gasteiger partial charge on any atom is 0.257 e. The van der Waals surface area contributed by atoms with Gasteiger partial charge < -0.3 is 4.90 Å². The van der Waals surface area contributed by atoms with Gasteiger partial charge >= 0.3 is 0 Å². The molecule has 0 aliphatic carbocycles. The van der Waals surface area contributed by atoms with E-state index in [1.54, 1.807) is 30.3 Å². The number of hydrogen-bond donors (Lipinski definition) is 1. The molecule has 2 aromatic carbocycles. The van der Waals surface area contributed by atoms with Crippen LogP contribution in [0.3, 0.4) is 0 Å². The Kier molecular flexibility index (Phi) is 5.83. The van der Waals surface area contributed by atoms with Gasteiger partial charge in [-0.1, -0.05) is 23.8 Å². The van der Waals surface area contributed by atoms with Gasteiger partial charge in [-0.25, -0.2) is 13.4 Å². The summed E-state index contributed by atoms with van der Waals surface area (Å²) in [6, 6.07) is 14.2. The van der Waals surface area contributed by atoms with Crippen molar-refractivity contribution in [3.8, 4) is 0 Å². The third kappa shape index (κ3) is 4.48. The van der Waals surface area contributed by atoms with Crippen molar-refractivity contribution in [3.05, 3.63) is 70.2 Å². The molecule has 1 aliphatic heterocycles. The Balaban J connectivity index is 1.50. The molecule has 31 heavy (non-hydrogen) atoms. The highest BCUT2D eigenvalue weighted by Gasteiger charge is 2.30. The highest BCUT2D eigenvalue weighted by atomic mass is 32.2. The van der Waals surface area contributed by atoms with Gasteiger partial charge in [0.05, 0.1) is 17.1 Å². The van der Waals surface area contributed by atoms with E-state index < -0.39 is 10.0 Å². The second kappa shape index (κ2) is 8.41. The molecule has 1 aliphatic rings. The van der Waals surface area contributed by atoms with Gasteiger partial charge in [-0.3, -0.25) is 10.1 Å². The molecule has 4 rings (SSSR count). The lowest BCUT2D eigenvalue weighted by Gasteiger charge is -2.25. The van der Waals surface area contributed by atoms with Gasteiger partial charge in [0.25, 0.3) is 5.91 Å². The SMILES string of the molecule is Cc1ccc(S(=O)(=O)N2CCc3nc(NC(=O)c4cccc(N(C)C)c4)sc3C2)cc1. The molecule has 9 heteroatoms. The van der Waals surface area contributed by atoms with Crippen molar-refractivity contribution >= 4 is 38.1 Å². The van der Waals surface area contributed by atoms with Crippen molar-refractivity contribution in [1.29, 1.82) is 0 Å². The number of nitrogens with one attached hydrogen (secondary N) is 1. The number of aryl methyl sites for hydroxylation is 1. The lowest BCUT2D eigenvalue weighted by Crippen LogP contribution is -2.35. The minimum atomic E-state index is -3.57. The van der Waals surface area contributed by atoms with Crippen LogP contribution in [0.2, 0.25) is 0 Å². The molecular weight excluding hydrogens is 432 g/mol. The van der Waals surface area contributed by atoms with Gasteiger partial charge in [-0.05, 0) is 37.3 Å². The summed E-state index contributed by atoms with van der Waals surface area (Å²) in [4.78, 5) is 20.3. The third-order valence-corrected chi connectivity index (χ3v) is 8.06. The molecule has 0 saturated carbocycles. The van der Waals surface area contributed by atoms with Crippen LogP contribution < -0.4 is 10.2 Å². The number of aromatic nitrogens is 1. The van der Waals surface area contributed by atoms with E-state index >= 15 is 0 Å². The summed E-state index contributed by atoms with van der Waals surface area (Å²) >= 11 is 1.33. The summed E-state index contributed by atoms with van der Waals surface area (Å²) in [6.45, 7) is 2.55. The van der Waals surface area contributed by atoms with Crippen molar-refractivity contribution in [2.75, 3.05) is 30.9 Å². The summed E-state index contributed by atoms with van der Waals surface area (Å²) < 4.78 is 27.5. The molecule has 3 aromatic rings. The summed E-state index contributed by atoms with van der Waals surface area (Å²) in [5, 5.41) is 3.34. The maximum absolute atomic E-state index is 13.0. The van der Waals surface area contributed by atoms with Crippen molar-refractivity contribution < 1.29 is 13.2 Å². The molecule has 1 aromatic heterocycles. The number of hydrogen-bond acceptors (Lipinski definition) is 6. The van der Waals surface area contributed by atoms with Crippen LogP contribution in [0, 0.1) is 6.92 Å². The molecule has 1 N–H and O–H groups in total. The van der Waals surface area contributed by atoms with Gasteiger partial charge in [0.15, 0.2) is 5.13 Å². The predicted molar refractivity (Wildman–Crippen MR) is 123 cm³/mol. The number of rotatable bonds is 5. The Morgan fingerprint density at radius 3 is 2.61 bits per heavy atom. The fourth-order valence-electron chi connectivity index (χ4n) is 3.38. The summed E-state index contributed by atoms with van der Waals surface area (Å²) in [5.74, 6) is -0.237. The average Bonchev–Trinajstić information content (AvgIpc) is 3.15. The van der Waals surface area contributed by atoms with E-state index in [-0.39, 0.29) is 12.5 Å². The summed E-state index contributed by atoms with van der Waals surface area (Å²) in [6.07, 6.45) is 0.517. The third-order valence-electron chi connectivity index (χ3n) is 5.20. The minimum Gasteiger partial charge on any atom is -0.378 e. The van der Waals surface area contributed by atoms with E-state index in [2.05, 4.69) is 10.3 Å². The predicted octanol–water partition coefficient (Wildman–Crippen LogP) is 3.52. The normalized spacial score (nSPS) is 14.2. The zero-order valence-electron chi connectivity index (χ0n) is 17.6. The fourth-order valence-corrected chi connectivity index (χ4v) is 5.89. The number of nitrogens with zero attached hydrogens (tertiary/aromatic N) is 3. The topological polar surface area (TPSA) is 82.6 Å². The first-order chi connectivity index (χ1) is 14.7. The number of carbonyl (C=O) groups excluding carboxylic acids is 1. The monoisotopic (exact) mass is 456 g/mol. The molecule has 0 radical (unpaired) electrons. The van der Waals surface area contributed by atoms with Crippen molar-refractivity contribution in [2.24, 2.45) is 0 Å². The lowest BCUT2D eigenvalue weighted by atomic mass is 10.2. The van der Waals surface area contributed by atoms with Crippen molar-refractivity contribution in [1.82, 2.24) is 9.29 Å². The first-order valence-electron chi connectivity index (χ1n) is 9.88. The molecule has 0 fully saturated rings. The van der Waals surface area contributed by atoms with Gasteiger partial charge in [-0.2, -0.15) is 4.31 Å². The Morgan fingerprint density at radius 2 is 1.90 bits per heavy atom. The number of fused-ring (bicyclic) bond motifs is 1. The quantitative estimate of drug-likeness (QED) is 0.635. The largest absolute Gasteiger partial charge is 0.378 e. The van der Waals surface area contributed by atoms with Crippen molar-refractivity contribution in [3.63, 3.8) is 0 Å². The zero-order chi connectivity index (χ0) is 22.2. The molecule has 2 heterocycles. The van der Waals surface area contributed by atoms with Crippen LogP contribution in [0.15, 0.2) is 53.4 Å². The summed E-state index contributed by atoms with van der Waals surface area (Å²) in [5.41, 5.74) is 3.34. The van der Waals surface area contributed by atoms with E-state index in [0.717, 1.165) is 21.8 Å². The Hall–Kier alpha value is -2.75. The molecule has 7 nitrogen and oxygen atoms in total. The standard InChI is InChI=1S/C22H24N4O3S2/c1-15-7-9-18(10-8-15)31(28,29)26-12-11-19-20(14-26)30-22(23-19)24-21(27)16-5-4-6-17(13-16)25(2)3/h4-10,13H,11-12,14H2,1-3H3,(H,23,24,27). The van der Waals surface area contributed by atoms with E-state index in [9.17, 15) is 13.2 Å². The number of amides is 1. The van der Waals surface area contributed by atoms with Gasteiger partial charge in [-0.15, -0.1) is 11.3 Å². The van der Waals surface area contributed by atoms with Crippen LogP contribution in [0.4, 0.5) is 10.8 Å². The Morgan fingerprint density at radius 1 is 1.16 bits per heavy atom. The van der Waals surface area contributed by atoms with Crippen LogP contribution in [-0.4, -0.2) is 44.3 Å². The van der Waals surface area contributed by atoms with E-state index in [1.807, 2.05) is 44.1 Å². The Labute approximate surface area is 186 Å². The smallest absolute Gasteiger partial charge is 0.257 e. The number of carbonyl (C=O) groups is 1. The van der Waals surface area contributed by atoms with Gasteiger partial charge in [0.1, 0.15) is 0 Å². The molecule has 0 saturated heterocycles. The molecule has 0 bridgehead atoms. The number of anilines is 2. The second-order valence-electron chi connectivity index (χ2n) is 7.69. The van der Waals surface area contributed by atoms with E-state index in [4.69, 9.17) is 0 Å². The van der Waals surface area contributed by atoms with Crippen LogP contribution in [0.25, 0.3) is 0 Å². The number of sulfonamides is 1. The maximum atomic E-state index is 13.0.